The first-order valence-corrected chi connectivity index (χ1v) is 12.8. The minimum absolute atomic E-state index is 0.600. The summed E-state index contributed by atoms with van der Waals surface area (Å²) < 4.78 is 4.93. The van der Waals surface area contributed by atoms with Gasteiger partial charge < -0.3 is 9.64 Å². The molecule has 118 valence electrons. The molecule has 0 atom stereocenters. The molecule has 0 saturated carbocycles. The minimum Gasteiger partial charge on any atom is -0.410 e. The van der Waals surface area contributed by atoms with Crippen LogP contribution in [0.4, 0.5) is 0 Å². The summed E-state index contributed by atoms with van der Waals surface area (Å²) in [6.45, 7) is 8.95. The molecular formula is C19H24N2Si2. The zero-order chi connectivity index (χ0) is 16.7. The molecule has 2 radical (unpaired) electrons. The molecule has 0 amide bonds. The van der Waals surface area contributed by atoms with E-state index in [0.717, 1.165) is 11.4 Å². The van der Waals surface area contributed by atoms with Crippen LogP contribution in [0.1, 0.15) is 11.1 Å². The van der Waals surface area contributed by atoms with Crippen LogP contribution in [-0.4, -0.2) is 23.6 Å². The second-order valence-electron chi connectivity index (χ2n) is 5.86. The standard InChI is InChI=1S/C19H24N2Si2/c1-22(2)20-18(16-11-7-5-8-12-16)15-19(21-23(3)4)17-13-9-6-10-14-17/h5-15,20H,1-4H3/b18-15+,21-19-. The maximum atomic E-state index is 4.93. The minimum atomic E-state index is -0.711. The third kappa shape index (κ3) is 5.65. The van der Waals surface area contributed by atoms with E-state index in [-0.39, 0.29) is 0 Å². The van der Waals surface area contributed by atoms with Crippen molar-refractivity contribution in [2.75, 3.05) is 0 Å². The Morgan fingerprint density at radius 3 is 1.83 bits per heavy atom. The van der Waals surface area contributed by atoms with Gasteiger partial charge in [-0.2, -0.15) is 0 Å². The van der Waals surface area contributed by atoms with Gasteiger partial charge in [-0.1, -0.05) is 86.9 Å². The van der Waals surface area contributed by atoms with Crippen molar-refractivity contribution in [1.29, 1.82) is 0 Å². The molecule has 0 saturated heterocycles. The van der Waals surface area contributed by atoms with Crippen LogP contribution < -0.4 is 4.98 Å². The fraction of sp³-hybridized carbons (Fsp3) is 0.211. The van der Waals surface area contributed by atoms with Crippen molar-refractivity contribution in [1.82, 2.24) is 4.98 Å². The van der Waals surface area contributed by atoms with Gasteiger partial charge in [-0.05, 0) is 17.2 Å². The quantitative estimate of drug-likeness (QED) is 0.604. The number of hydrogen-bond donors (Lipinski definition) is 1. The number of rotatable bonds is 6. The number of nitrogens with zero attached hydrogens (tertiary/aromatic N) is 1. The van der Waals surface area contributed by atoms with Crippen molar-refractivity contribution in [2.45, 2.75) is 26.2 Å². The largest absolute Gasteiger partial charge is 0.410 e. The lowest BCUT2D eigenvalue weighted by molar-refractivity contribution is 1.32. The molecule has 2 aromatic rings. The summed E-state index contributed by atoms with van der Waals surface area (Å²) in [5.41, 5.74) is 4.62. The van der Waals surface area contributed by atoms with Crippen LogP contribution in [0.15, 0.2) is 71.4 Å². The molecule has 0 fully saturated rings. The first-order valence-electron chi connectivity index (χ1n) is 7.85. The van der Waals surface area contributed by atoms with Crippen LogP contribution in [0.25, 0.3) is 5.70 Å². The number of allylic oxidation sites excluding steroid dienone is 1. The third-order valence-corrected chi connectivity index (χ3v) is 4.62. The molecule has 23 heavy (non-hydrogen) atoms. The Labute approximate surface area is 143 Å². The van der Waals surface area contributed by atoms with Gasteiger partial charge in [-0.25, -0.2) is 0 Å². The van der Waals surface area contributed by atoms with E-state index in [4.69, 9.17) is 4.66 Å². The SMILES string of the molecule is C[Si](C)/N=C(/C=C(/N[Si](C)C)c1ccccc1)c1ccccc1. The summed E-state index contributed by atoms with van der Waals surface area (Å²) in [5.74, 6) is 0. The topological polar surface area (TPSA) is 24.4 Å². The predicted molar refractivity (Wildman–Crippen MR) is 105 cm³/mol. The van der Waals surface area contributed by atoms with Crippen LogP contribution in [0.3, 0.4) is 0 Å². The Morgan fingerprint density at radius 2 is 1.35 bits per heavy atom. The number of benzene rings is 2. The molecular weight excluding hydrogens is 312 g/mol. The Bertz CT molecular complexity index is 662. The monoisotopic (exact) mass is 336 g/mol. The van der Waals surface area contributed by atoms with Gasteiger partial charge in [0, 0.05) is 5.70 Å². The van der Waals surface area contributed by atoms with E-state index in [1.807, 2.05) is 6.07 Å². The van der Waals surface area contributed by atoms with Crippen LogP contribution in [0.5, 0.6) is 0 Å². The number of nitrogens with one attached hydrogen (secondary N) is 1. The van der Waals surface area contributed by atoms with Crippen LogP contribution in [0, 0.1) is 0 Å². The van der Waals surface area contributed by atoms with E-state index in [0.29, 0.717) is 0 Å². The van der Waals surface area contributed by atoms with E-state index in [1.54, 1.807) is 0 Å². The Kier molecular flexibility index (Phi) is 6.56. The van der Waals surface area contributed by atoms with Gasteiger partial charge in [0.1, 0.15) is 0 Å². The first kappa shape index (κ1) is 17.4. The molecule has 0 unspecified atom stereocenters. The molecule has 1 N–H and O–H groups in total. The van der Waals surface area contributed by atoms with Gasteiger partial charge >= 0.3 is 0 Å². The smallest absolute Gasteiger partial charge is 0.190 e. The Balaban J connectivity index is 2.48. The van der Waals surface area contributed by atoms with Crippen LogP contribution in [-0.2, 0) is 0 Å². The highest BCUT2D eigenvalue weighted by molar-refractivity contribution is 6.56. The first-order chi connectivity index (χ1) is 11.1. The molecule has 0 aliphatic rings. The van der Waals surface area contributed by atoms with Gasteiger partial charge in [0.2, 0.25) is 0 Å². The van der Waals surface area contributed by atoms with E-state index < -0.39 is 17.9 Å². The van der Waals surface area contributed by atoms with Crippen molar-refractivity contribution < 1.29 is 0 Å². The lowest BCUT2D eigenvalue weighted by Gasteiger charge is -2.15. The normalized spacial score (nSPS) is 12.8. The zero-order valence-corrected chi connectivity index (χ0v) is 16.3. The highest BCUT2D eigenvalue weighted by Gasteiger charge is 2.08. The summed E-state index contributed by atoms with van der Waals surface area (Å²) >= 11 is 0. The zero-order valence-electron chi connectivity index (χ0n) is 14.3. The van der Waals surface area contributed by atoms with Gasteiger partial charge in [0.15, 0.2) is 17.9 Å². The second-order valence-corrected chi connectivity index (χ2v) is 10.2. The molecule has 0 aromatic heterocycles. The Morgan fingerprint density at radius 1 is 0.826 bits per heavy atom. The summed E-state index contributed by atoms with van der Waals surface area (Å²) in [4.78, 5) is 3.66. The van der Waals surface area contributed by atoms with Gasteiger partial charge in [-0.15, -0.1) is 0 Å². The molecule has 0 heterocycles. The molecule has 0 aliphatic heterocycles. The van der Waals surface area contributed by atoms with Gasteiger partial charge in [0.25, 0.3) is 0 Å². The third-order valence-electron chi connectivity index (χ3n) is 3.16. The molecule has 0 aliphatic carbocycles. The predicted octanol–water partition coefficient (Wildman–Crippen LogP) is 4.61. The van der Waals surface area contributed by atoms with Gasteiger partial charge in [0.05, 0.1) is 5.71 Å². The van der Waals surface area contributed by atoms with E-state index in [1.165, 1.54) is 11.1 Å². The lowest BCUT2D eigenvalue weighted by atomic mass is 10.1. The lowest BCUT2D eigenvalue weighted by Crippen LogP contribution is -2.26. The molecule has 4 heteroatoms. The van der Waals surface area contributed by atoms with Crippen molar-refractivity contribution in [2.24, 2.45) is 4.66 Å². The summed E-state index contributed by atoms with van der Waals surface area (Å²) in [7, 11) is -1.31. The Hall–Kier alpha value is -1.92. The highest BCUT2D eigenvalue weighted by atomic mass is 28.3. The maximum Gasteiger partial charge on any atom is 0.190 e. The summed E-state index contributed by atoms with van der Waals surface area (Å²) in [6.07, 6.45) is 2.21. The molecule has 2 nitrogen and oxygen atoms in total. The van der Waals surface area contributed by atoms with E-state index in [9.17, 15) is 0 Å². The molecule has 2 aromatic carbocycles. The van der Waals surface area contributed by atoms with Crippen molar-refractivity contribution in [3.63, 3.8) is 0 Å². The van der Waals surface area contributed by atoms with Crippen molar-refractivity contribution >= 4 is 29.3 Å². The molecule has 0 bridgehead atoms. The average molecular weight is 337 g/mol. The molecule has 2 rings (SSSR count). The van der Waals surface area contributed by atoms with E-state index in [2.05, 4.69) is 91.8 Å². The fourth-order valence-corrected chi connectivity index (χ4v) is 3.68. The molecule has 0 spiro atoms. The average Bonchev–Trinajstić information content (AvgIpc) is 2.54. The van der Waals surface area contributed by atoms with Crippen molar-refractivity contribution in [3.05, 3.63) is 77.9 Å². The van der Waals surface area contributed by atoms with Crippen LogP contribution >= 0.6 is 0 Å². The van der Waals surface area contributed by atoms with E-state index >= 15 is 0 Å². The van der Waals surface area contributed by atoms with Crippen molar-refractivity contribution in [3.8, 4) is 0 Å². The fourth-order valence-electron chi connectivity index (χ4n) is 2.25. The number of hydrogen-bond acceptors (Lipinski definition) is 2. The maximum absolute atomic E-state index is 4.93. The van der Waals surface area contributed by atoms with Crippen LogP contribution in [0.2, 0.25) is 26.2 Å². The summed E-state index contributed by atoms with van der Waals surface area (Å²) in [5, 5.41) is 0. The second kappa shape index (κ2) is 8.65. The summed E-state index contributed by atoms with van der Waals surface area (Å²) in [6, 6.07) is 21.0. The highest BCUT2D eigenvalue weighted by Crippen LogP contribution is 2.14. The van der Waals surface area contributed by atoms with Gasteiger partial charge in [-0.3, -0.25) is 0 Å².